The van der Waals surface area contributed by atoms with Crippen molar-refractivity contribution < 1.29 is 9.84 Å². The van der Waals surface area contributed by atoms with Crippen molar-refractivity contribution in [1.82, 2.24) is 15.0 Å². The maximum atomic E-state index is 9.53. The van der Waals surface area contributed by atoms with Crippen molar-refractivity contribution in [2.45, 2.75) is 13.3 Å². The lowest BCUT2D eigenvalue weighted by Gasteiger charge is -2.28. The summed E-state index contributed by atoms with van der Waals surface area (Å²) in [7, 11) is 0. The van der Waals surface area contributed by atoms with Crippen molar-refractivity contribution in [2.24, 2.45) is 0 Å². The van der Waals surface area contributed by atoms with Gasteiger partial charge in [0.25, 0.3) is 0 Å². The largest absolute Gasteiger partial charge is 0.516 e. The predicted molar refractivity (Wildman–Crippen MR) is 132 cm³/mol. The highest BCUT2D eigenvalue weighted by Crippen LogP contribution is 2.40. The molecule has 33 heavy (non-hydrogen) atoms. The average molecular weight is 442 g/mol. The first-order valence-corrected chi connectivity index (χ1v) is 11.2. The Balaban J connectivity index is 1.71. The average Bonchev–Trinajstić information content (AvgIpc) is 3.27. The second kappa shape index (κ2) is 9.03. The minimum atomic E-state index is 0.652. The maximum absolute atomic E-state index is 9.53. The SMILES string of the molecule is C=C/C=C(\C=C\O)c1nc(N2CCOCC2)nc2c1CCN2c1cc(C)nc2ccccc12. The highest BCUT2D eigenvalue weighted by molar-refractivity contribution is 5.95. The summed E-state index contributed by atoms with van der Waals surface area (Å²) in [4.78, 5) is 19.2. The molecule has 0 saturated carbocycles. The van der Waals surface area contributed by atoms with Gasteiger partial charge in [0.15, 0.2) is 0 Å². The number of aliphatic hydroxyl groups excluding tert-OH is 1. The zero-order chi connectivity index (χ0) is 22.8. The molecule has 168 valence electrons. The molecular weight excluding hydrogens is 414 g/mol. The number of aliphatic hydroxyl groups is 1. The number of nitrogens with zero attached hydrogens (tertiary/aromatic N) is 5. The van der Waals surface area contributed by atoms with Crippen molar-refractivity contribution >= 4 is 33.9 Å². The van der Waals surface area contributed by atoms with E-state index in [4.69, 9.17) is 19.7 Å². The van der Waals surface area contributed by atoms with Crippen LogP contribution in [0.3, 0.4) is 0 Å². The number of pyridine rings is 1. The van der Waals surface area contributed by atoms with Crippen LogP contribution in [0.25, 0.3) is 16.5 Å². The van der Waals surface area contributed by atoms with Gasteiger partial charge >= 0.3 is 0 Å². The van der Waals surface area contributed by atoms with E-state index in [0.717, 1.165) is 77.2 Å². The number of ether oxygens (including phenoxy) is 1. The Labute approximate surface area is 193 Å². The van der Waals surface area contributed by atoms with Gasteiger partial charge in [-0.2, -0.15) is 4.98 Å². The molecule has 1 fully saturated rings. The Morgan fingerprint density at radius 3 is 2.73 bits per heavy atom. The number of para-hydroxylation sites is 1. The molecule has 1 N–H and O–H groups in total. The van der Waals surface area contributed by atoms with Crippen LogP contribution in [0, 0.1) is 6.92 Å². The van der Waals surface area contributed by atoms with Crippen LogP contribution in [0.5, 0.6) is 0 Å². The van der Waals surface area contributed by atoms with Crippen LogP contribution in [0.15, 0.2) is 61.4 Å². The molecule has 2 aliphatic heterocycles. The van der Waals surface area contributed by atoms with E-state index in [1.807, 2.05) is 31.2 Å². The molecule has 0 bridgehead atoms. The van der Waals surface area contributed by atoms with Crippen molar-refractivity contribution in [3.05, 3.63) is 78.4 Å². The third kappa shape index (κ3) is 3.96. The molecule has 7 nitrogen and oxygen atoms in total. The number of morpholine rings is 1. The standard InChI is InChI=1S/C26H27N5O2/c1-3-6-19(10-14-32)24-21-9-11-31(23-17-18(2)27-22-8-5-4-7-20(22)23)25(21)29-26(28-24)30-12-15-33-16-13-30/h3-8,10,14,17,32H,1,9,11-13,15-16H2,2H3/b14-10+,19-6+. The minimum absolute atomic E-state index is 0.652. The highest BCUT2D eigenvalue weighted by Gasteiger charge is 2.30. The normalized spacial score (nSPS) is 16.6. The highest BCUT2D eigenvalue weighted by atomic mass is 16.5. The Morgan fingerprint density at radius 1 is 1.12 bits per heavy atom. The second-order valence-electron chi connectivity index (χ2n) is 8.15. The summed E-state index contributed by atoms with van der Waals surface area (Å²) in [5.41, 5.74) is 5.73. The lowest BCUT2D eigenvalue weighted by atomic mass is 10.1. The Morgan fingerprint density at radius 2 is 1.94 bits per heavy atom. The summed E-state index contributed by atoms with van der Waals surface area (Å²) >= 11 is 0. The molecule has 0 amide bonds. The topological polar surface area (TPSA) is 74.6 Å². The third-order valence-electron chi connectivity index (χ3n) is 6.05. The number of fused-ring (bicyclic) bond motifs is 2. The smallest absolute Gasteiger partial charge is 0.228 e. The van der Waals surface area contributed by atoms with Crippen LogP contribution in [0.2, 0.25) is 0 Å². The van der Waals surface area contributed by atoms with Crippen LogP contribution in [-0.2, 0) is 11.2 Å². The van der Waals surface area contributed by atoms with Gasteiger partial charge in [0.2, 0.25) is 5.95 Å². The van der Waals surface area contributed by atoms with E-state index < -0.39 is 0 Å². The van der Waals surface area contributed by atoms with E-state index >= 15 is 0 Å². The zero-order valence-corrected chi connectivity index (χ0v) is 18.7. The molecule has 1 saturated heterocycles. The fraction of sp³-hybridized carbons (Fsp3) is 0.269. The van der Waals surface area contributed by atoms with Crippen molar-refractivity contribution in [3.8, 4) is 0 Å². The maximum Gasteiger partial charge on any atom is 0.228 e. The van der Waals surface area contributed by atoms with E-state index in [9.17, 15) is 5.11 Å². The van der Waals surface area contributed by atoms with Crippen LogP contribution in [-0.4, -0.2) is 52.9 Å². The number of aryl methyl sites for hydroxylation is 1. The molecule has 2 aliphatic rings. The first-order valence-electron chi connectivity index (χ1n) is 11.2. The molecule has 0 unspecified atom stereocenters. The summed E-state index contributed by atoms with van der Waals surface area (Å²) < 4.78 is 5.54. The first-order chi connectivity index (χ1) is 16.2. The summed E-state index contributed by atoms with van der Waals surface area (Å²) in [6.07, 6.45) is 7.09. The third-order valence-corrected chi connectivity index (χ3v) is 6.05. The summed E-state index contributed by atoms with van der Waals surface area (Å²) in [6.45, 7) is 9.44. The fourth-order valence-corrected chi connectivity index (χ4v) is 4.55. The molecule has 2 aromatic heterocycles. The molecule has 0 aliphatic carbocycles. The Kier molecular flexibility index (Phi) is 5.79. The van der Waals surface area contributed by atoms with Gasteiger partial charge in [-0.25, -0.2) is 4.98 Å². The second-order valence-corrected chi connectivity index (χ2v) is 8.15. The number of aromatic nitrogens is 3. The monoisotopic (exact) mass is 441 g/mol. The number of allylic oxidation sites excluding steroid dienone is 4. The van der Waals surface area contributed by atoms with Gasteiger partial charge < -0.3 is 19.6 Å². The van der Waals surface area contributed by atoms with E-state index in [2.05, 4.69) is 28.5 Å². The number of hydrogen-bond acceptors (Lipinski definition) is 7. The quantitative estimate of drug-likeness (QED) is 0.461. The van der Waals surface area contributed by atoms with Crippen LogP contribution < -0.4 is 9.80 Å². The minimum Gasteiger partial charge on any atom is -0.516 e. The molecule has 5 rings (SSSR count). The molecule has 1 aromatic carbocycles. The molecule has 0 atom stereocenters. The number of hydrogen-bond donors (Lipinski definition) is 1. The van der Waals surface area contributed by atoms with Crippen LogP contribution in [0.4, 0.5) is 17.5 Å². The van der Waals surface area contributed by atoms with Gasteiger partial charge in [-0.15, -0.1) is 0 Å². The van der Waals surface area contributed by atoms with Gasteiger partial charge in [0.1, 0.15) is 5.82 Å². The van der Waals surface area contributed by atoms with Gasteiger partial charge in [-0.1, -0.05) is 36.9 Å². The molecule has 7 heteroatoms. The Hall–Kier alpha value is -3.71. The molecule has 4 heterocycles. The van der Waals surface area contributed by atoms with E-state index in [0.29, 0.717) is 19.2 Å². The van der Waals surface area contributed by atoms with Gasteiger partial charge in [-0.05, 0) is 31.6 Å². The zero-order valence-electron chi connectivity index (χ0n) is 18.7. The van der Waals surface area contributed by atoms with Crippen molar-refractivity contribution in [1.29, 1.82) is 0 Å². The van der Waals surface area contributed by atoms with Crippen LogP contribution >= 0.6 is 0 Å². The summed E-state index contributed by atoms with van der Waals surface area (Å²) in [5.74, 6) is 1.58. The van der Waals surface area contributed by atoms with Crippen LogP contribution in [0.1, 0.15) is 17.0 Å². The first kappa shape index (κ1) is 21.2. The number of benzene rings is 1. The van der Waals surface area contributed by atoms with Crippen molar-refractivity contribution in [3.63, 3.8) is 0 Å². The summed E-state index contributed by atoms with van der Waals surface area (Å²) in [6, 6.07) is 10.3. The number of anilines is 3. The van der Waals surface area contributed by atoms with Crippen molar-refractivity contribution in [2.75, 3.05) is 42.6 Å². The predicted octanol–water partition coefficient (Wildman–Crippen LogP) is 4.51. The van der Waals surface area contributed by atoms with E-state index in [1.54, 1.807) is 12.2 Å². The van der Waals surface area contributed by atoms with E-state index in [-0.39, 0.29) is 0 Å². The lowest BCUT2D eigenvalue weighted by Crippen LogP contribution is -2.37. The molecular formula is C26H27N5O2. The van der Waals surface area contributed by atoms with E-state index in [1.165, 1.54) is 0 Å². The lowest BCUT2D eigenvalue weighted by molar-refractivity contribution is 0.122. The van der Waals surface area contributed by atoms with Gasteiger partial charge in [0.05, 0.1) is 36.4 Å². The Bertz CT molecular complexity index is 1260. The van der Waals surface area contributed by atoms with Gasteiger partial charge in [0, 0.05) is 41.9 Å². The number of rotatable bonds is 5. The summed E-state index contributed by atoms with van der Waals surface area (Å²) in [5, 5.41) is 10.6. The molecule has 3 aromatic rings. The molecule has 0 spiro atoms. The fourth-order valence-electron chi connectivity index (χ4n) is 4.55. The van der Waals surface area contributed by atoms with Gasteiger partial charge in [-0.3, -0.25) is 4.98 Å². The molecule has 0 radical (unpaired) electrons.